The van der Waals surface area contributed by atoms with Crippen molar-refractivity contribution in [1.29, 1.82) is 0 Å². The van der Waals surface area contributed by atoms with Crippen LogP contribution in [0.4, 0.5) is 5.95 Å². The molecule has 0 aliphatic carbocycles. The number of aromatic nitrogens is 4. The maximum Gasteiger partial charge on any atom is 0.283 e. The zero-order valence-corrected chi connectivity index (χ0v) is 9.75. The van der Waals surface area contributed by atoms with Crippen LogP contribution in [0, 0.1) is 0 Å². The predicted molar refractivity (Wildman–Crippen MR) is 65.9 cm³/mol. The van der Waals surface area contributed by atoms with Crippen molar-refractivity contribution in [2.75, 3.05) is 5.43 Å². The summed E-state index contributed by atoms with van der Waals surface area (Å²) >= 11 is 0. The lowest BCUT2D eigenvalue weighted by atomic mass is 10.0. The minimum atomic E-state index is 0.347. The van der Waals surface area contributed by atoms with E-state index in [0.717, 1.165) is 5.56 Å². The maximum atomic E-state index is 4.00. The number of aromatic amines is 1. The molecule has 0 atom stereocenters. The number of rotatable bonds is 4. The molecule has 0 saturated heterocycles. The summed E-state index contributed by atoms with van der Waals surface area (Å²) in [4.78, 5) is 0. The number of H-pyrrole nitrogens is 1. The maximum absolute atomic E-state index is 4.00. The topological polar surface area (TPSA) is 78.9 Å². The van der Waals surface area contributed by atoms with Crippen molar-refractivity contribution in [3.8, 4) is 0 Å². The molecule has 88 valence electrons. The van der Waals surface area contributed by atoms with Crippen LogP contribution in [-0.2, 0) is 0 Å². The van der Waals surface area contributed by atoms with Crippen LogP contribution in [0.2, 0.25) is 0 Å². The van der Waals surface area contributed by atoms with Crippen LogP contribution in [-0.4, -0.2) is 26.8 Å². The molecule has 2 N–H and O–H groups in total. The summed E-state index contributed by atoms with van der Waals surface area (Å²) in [5.41, 5.74) is 5.00. The number of hydrogen-bond donors (Lipinski definition) is 2. The molecular weight excluding hydrogens is 216 g/mol. The van der Waals surface area contributed by atoms with Gasteiger partial charge in [-0.1, -0.05) is 43.2 Å². The number of tetrazole rings is 1. The Morgan fingerprint density at radius 3 is 2.65 bits per heavy atom. The van der Waals surface area contributed by atoms with E-state index in [1.807, 2.05) is 12.1 Å². The lowest BCUT2D eigenvalue weighted by Gasteiger charge is -2.04. The molecule has 0 saturated carbocycles. The molecule has 0 aliphatic rings. The molecule has 0 spiro atoms. The summed E-state index contributed by atoms with van der Waals surface area (Å²) in [7, 11) is 0. The molecule has 0 unspecified atom stereocenters. The Labute approximate surface area is 99.1 Å². The minimum Gasteiger partial charge on any atom is -0.243 e. The van der Waals surface area contributed by atoms with Gasteiger partial charge in [0, 0.05) is 0 Å². The van der Waals surface area contributed by atoms with Gasteiger partial charge in [0.05, 0.1) is 6.21 Å². The largest absolute Gasteiger partial charge is 0.283 e. The van der Waals surface area contributed by atoms with Crippen LogP contribution in [0.25, 0.3) is 0 Å². The predicted octanol–water partition coefficient (Wildman–Crippen LogP) is 1.77. The second-order valence-corrected chi connectivity index (χ2v) is 3.93. The standard InChI is InChI=1S/C11H14N6/c1-8(2)10-5-3-9(4-6-10)7-12-13-11-14-16-17-15-11/h3-8H,1-2H3,(H2,13,14,15,16,17)/b12-7-. The van der Waals surface area contributed by atoms with E-state index in [-0.39, 0.29) is 0 Å². The third kappa shape index (κ3) is 3.10. The van der Waals surface area contributed by atoms with Gasteiger partial charge in [0.2, 0.25) is 0 Å². The Morgan fingerprint density at radius 2 is 2.06 bits per heavy atom. The molecule has 6 nitrogen and oxygen atoms in total. The van der Waals surface area contributed by atoms with Gasteiger partial charge in [-0.15, -0.1) is 5.10 Å². The number of nitrogens with one attached hydrogen (secondary N) is 2. The zero-order valence-electron chi connectivity index (χ0n) is 9.75. The first kappa shape index (κ1) is 11.3. The molecule has 17 heavy (non-hydrogen) atoms. The normalized spacial score (nSPS) is 11.2. The SMILES string of the molecule is CC(C)c1ccc(/C=N\Nc2nn[nH]n2)cc1. The number of anilines is 1. The highest BCUT2D eigenvalue weighted by Crippen LogP contribution is 2.13. The van der Waals surface area contributed by atoms with Crippen LogP contribution in [0.3, 0.4) is 0 Å². The zero-order chi connectivity index (χ0) is 12.1. The van der Waals surface area contributed by atoms with E-state index >= 15 is 0 Å². The Hall–Kier alpha value is -2.24. The molecule has 0 bridgehead atoms. The summed E-state index contributed by atoms with van der Waals surface area (Å²) in [6.45, 7) is 4.34. The van der Waals surface area contributed by atoms with Gasteiger partial charge in [0.1, 0.15) is 0 Å². The third-order valence-electron chi connectivity index (χ3n) is 2.33. The van der Waals surface area contributed by atoms with E-state index in [4.69, 9.17) is 0 Å². The van der Waals surface area contributed by atoms with E-state index in [1.54, 1.807) is 6.21 Å². The van der Waals surface area contributed by atoms with Crippen LogP contribution in [0.1, 0.15) is 30.9 Å². The van der Waals surface area contributed by atoms with Gasteiger partial charge in [-0.2, -0.15) is 10.3 Å². The van der Waals surface area contributed by atoms with Crippen molar-refractivity contribution in [2.45, 2.75) is 19.8 Å². The summed E-state index contributed by atoms with van der Waals surface area (Å²) < 4.78 is 0. The Kier molecular flexibility index (Phi) is 3.44. The summed E-state index contributed by atoms with van der Waals surface area (Å²) in [5, 5.41) is 17.2. The Bertz CT molecular complexity index is 471. The van der Waals surface area contributed by atoms with Gasteiger partial charge in [-0.25, -0.2) is 5.43 Å². The fourth-order valence-corrected chi connectivity index (χ4v) is 1.34. The number of hydrogen-bond acceptors (Lipinski definition) is 5. The fraction of sp³-hybridized carbons (Fsp3) is 0.273. The number of hydrazone groups is 1. The molecule has 0 aliphatic heterocycles. The quantitative estimate of drug-likeness (QED) is 0.619. The molecule has 2 aromatic rings. The molecule has 0 amide bonds. The van der Waals surface area contributed by atoms with Gasteiger partial charge in [-0.3, -0.25) is 0 Å². The van der Waals surface area contributed by atoms with Gasteiger partial charge < -0.3 is 0 Å². The van der Waals surface area contributed by atoms with Crippen molar-refractivity contribution < 1.29 is 0 Å². The first-order valence-electron chi connectivity index (χ1n) is 5.38. The minimum absolute atomic E-state index is 0.347. The van der Waals surface area contributed by atoms with E-state index in [1.165, 1.54) is 5.56 Å². The summed E-state index contributed by atoms with van der Waals surface area (Å²) in [6.07, 6.45) is 1.71. The van der Waals surface area contributed by atoms with Crippen molar-refractivity contribution in [3.05, 3.63) is 35.4 Å². The smallest absolute Gasteiger partial charge is 0.243 e. The van der Waals surface area contributed by atoms with Gasteiger partial charge >= 0.3 is 0 Å². The van der Waals surface area contributed by atoms with Gasteiger partial charge in [-0.05, 0) is 22.3 Å². The first-order valence-corrected chi connectivity index (χ1v) is 5.38. The second-order valence-electron chi connectivity index (χ2n) is 3.93. The Morgan fingerprint density at radius 1 is 1.29 bits per heavy atom. The molecule has 6 heteroatoms. The van der Waals surface area contributed by atoms with Crippen LogP contribution >= 0.6 is 0 Å². The summed E-state index contributed by atoms with van der Waals surface area (Å²) in [5.74, 6) is 0.887. The van der Waals surface area contributed by atoms with E-state index in [0.29, 0.717) is 11.9 Å². The highest BCUT2D eigenvalue weighted by molar-refractivity contribution is 5.80. The molecule has 1 aromatic heterocycles. The fourth-order valence-electron chi connectivity index (χ4n) is 1.34. The van der Waals surface area contributed by atoms with E-state index < -0.39 is 0 Å². The van der Waals surface area contributed by atoms with Crippen molar-refractivity contribution >= 4 is 12.2 Å². The molecule has 0 radical (unpaired) electrons. The molecule has 1 heterocycles. The molecular formula is C11H14N6. The van der Waals surface area contributed by atoms with Crippen molar-refractivity contribution in [2.24, 2.45) is 5.10 Å². The van der Waals surface area contributed by atoms with Crippen LogP contribution in [0.5, 0.6) is 0 Å². The third-order valence-corrected chi connectivity index (χ3v) is 2.33. The first-order chi connectivity index (χ1) is 8.25. The monoisotopic (exact) mass is 230 g/mol. The van der Waals surface area contributed by atoms with Crippen LogP contribution < -0.4 is 5.43 Å². The molecule has 0 fully saturated rings. The van der Waals surface area contributed by atoms with E-state index in [9.17, 15) is 0 Å². The van der Waals surface area contributed by atoms with Crippen LogP contribution in [0.15, 0.2) is 29.4 Å². The van der Waals surface area contributed by atoms with E-state index in [2.05, 4.69) is 57.1 Å². The lowest BCUT2D eigenvalue weighted by Crippen LogP contribution is -1.93. The average molecular weight is 230 g/mol. The highest BCUT2D eigenvalue weighted by atomic mass is 15.5. The number of nitrogens with zero attached hydrogens (tertiary/aromatic N) is 4. The van der Waals surface area contributed by atoms with Crippen molar-refractivity contribution in [1.82, 2.24) is 20.6 Å². The highest BCUT2D eigenvalue weighted by Gasteiger charge is 1.97. The van der Waals surface area contributed by atoms with Gasteiger partial charge in [0.25, 0.3) is 5.95 Å². The number of benzene rings is 1. The average Bonchev–Trinajstić information content (AvgIpc) is 2.83. The summed E-state index contributed by atoms with van der Waals surface area (Å²) in [6, 6.07) is 8.24. The second kappa shape index (κ2) is 5.20. The van der Waals surface area contributed by atoms with Gasteiger partial charge in [0.15, 0.2) is 0 Å². The molecule has 1 aromatic carbocycles. The molecule has 2 rings (SSSR count). The van der Waals surface area contributed by atoms with Crippen molar-refractivity contribution in [3.63, 3.8) is 0 Å². The lowest BCUT2D eigenvalue weighted by molar-refractivity contribution is 0.866. The Balaban J connectivity index is 1.96.